The summed E-state index contributed by atoms with van der Waals surface area (Å²) in [5.74, 6) is 2.09. The first kappa shape index (κ1) is 39.9. The van der Waals surface area contributed by atoms with Gasteiger partial charge in [-0.3, -0.25) is 9.59 Å². The maximum Gasteiger partial charge on any atom is 0.170 e. The number of ether oxygens (including phenoxy) is 4. The number of phenolic OH excluding ortho intramolecular Hbond substituents is 1. The Hall–Kier alpha value is -5.25. The molecule has 2 saturated carbocycles. The summed E-state index contributed by atoms with van der Waals surface area (Å²) >= 11 is 0. The van der Waals surface area contributed by atoms with Gasteiger partial charge < -0.3 is 34.7 Å². The molecule has 4 aromatic carbocycles. The summed E-state index contributed by atoms with van der Waals surface area (Å²) in [6.07, 6.45) is 7.59. The molecular weight excluding hydrogens is 687 g/mol. The fourth-order valence-corrected chi connectivity index (χ4v) is 8.04. The number of hydrogen-bond acceptors (Lipinski definition) is 9. The molecule has 54 heavy (non-hydrogen) atoms. The first-order valence-electron chi connectivity index (χ1n) is 18.6. The van der Waals surface area contributed by atoms with E-state index in [1.807, 2.05) is 37.2 Å². The van der Waals surface area contributed by atoms with Crippen LogP contribution < -0.4 is 29.6 Å². The zero-order chi connectivity index (χ0) is 38.9. The third kappa shape index (κ3) is 8.92. The summed E-state index contributed by atoms with van der Waals surface area (Å²) in [6.45, 7) is 0. The number of carbonyl (C=O) groups is 2. The minimum absolute atomic E-state index is 0.0232. The van der Waals surface area contributed by atoms with Crippen molar-refractivity contribution in [3.8, 4) is 28.7 Å². The monoisotopic (exact) mass is 740 g/mol. The van der Waals surface area contributed by atoms with Crippen molar-refractivity contribution in [3.05, 3.63) is 101 Å². The SMILES string of the molecule is COc1ccc(OC)c(C(=O)C2CCCCC2c2ccc(F)c(N)c2)c1.COc1ccc(OC)c(C(=O)C2CCCCC2c2ccc(N(C)C)c(O)c2)c1. The van der Waals surface area contributed by atoms with E-state index in [1.165, 1.54) is 6.07 Å². The molecule has 0 spiro atoms. The van der Waals surface area contributed by atoms with Crippen molar-refractivity contribution in [2.45, 2.75) is 63.2 Å². The molecule has 0 aliphatic heterocycles. The van der Waals surface area contributed by atoms with Crippen LogP contribution in [-0.4, -0.2) is 59.2 Å². The first-order valence-corrected chi connectivity index (χ1v) is 18.6. The van der Waals surface area contributed by atoms with Crippen molar-refractivity contribution < 1.29 is 38.0 Å². The molecule has 0 heterocycles. The number of nitrogens with zero attached hydrogens (tertiary/aromatic N) is 1. The van der Waals surface area contributed by atoms with E-state index in [2.05, 4.69) is 0 Å². The van der Waals surface area contributed by atoms with Gasteiger partial charge in [-0.15, -0.1) is 0 Å². The molecule has 3 N–H and O–H groups in total. The lowest BCUT2D eigenvalue weighted by molar-refractivity contribution is 0.0857. The Balaban J connectivity index is 0.000000208. The Labute approximate surface area is 318 Å². The van der Waals surface area contributed by atoms with Gasteiger partial charge in [-0.1, -0.05) is 37.8 Å². The average molecular weight is 741 g/mol. The average Bonchev–Trinajstić information content (AvgIpc) is 3.20. The van der Waals surface area contributed by atoms with Crippen molar-refractivity contribution in [1.82, 2.24) is 0 Å². The maximum absolute atomic E-state index is 13.5. The summed E-state index contributed by atoms with van der Waals surface area (Å²) in [5.41, 5.74) is 9.67. The molecule has 0 radical (unpaired) electrons. The molecule has 6 rings (SSSR count). The minimum atomic E-state index is -0.429. The number of ketones is 2. The van der Waals surface area contributed by atoms with Crippen molar-refractivity contribution in [2.75, 3.05) is 53.2 Å². The van der Waals surface area contributed by atoms with Gasteiger partial charge in [0.2, 0.25) is 0 Å². The van der Waals surface area contributed by atoms with Gasteiger partial charge in [0.05, 0.1) is 50.9 Å². The highest BCUT2D eigenvalue weighted by Crippen LogP contribution is 2.44. The van der Waals surface area contributed by atoms with E-state index in [0.717, 1.165) is 68.2 Å². The van der Waals surface area contributed by atoms with Gasteiger partial charge in [-0.2, -0.15) is 0 Å². The second-order valence-electron chi connectivity index (χ2n) is 14.3. The van der Waals surface area contributed by atoms with Gasteiger partial charge in [0, 0.05) is 25.9 Å². The number of anilines is 2. The van der Waals surface area contributed by atoms with E-state index in [0.29, 0.717) is 34.1 Å². The lowest BCUT2D eigenvalue weighted by Crippen LogP contribution is -2.26. The second-order valence-corrected chi connectivity index (χ2v) is 14.3. The molecule has 4 aromatic rings. The first-order chi connectivity index (χ1) is 26.0. The predicted octanol–water partition coefficient (Wildman–Crippen LogP) is 9.21. The van der Waals surface area contributed by atoms with Crippen LogP contribution in [0.1, 0.15) is 95.0 Å². The number of carbonyl (C=O) groups excluding carboxylic acids is 2. The van der Waals surface area contributed by atoms with Crippen LogP contribution in [-0.2, 0) is 0 Å². The molecule has 10 heteroatoms. The molecule has 9 nitrogen and oxygen atoms in total. The Morgan fingerprint density at radius 2 is 1.11 bits per heavy atom. The normalized spacial score (nSPS) is 19.5. The van der Waals surface area contributed by atoms with Gasteiger partial charge in [-0.05, 0) is 109 Å². The molecule has 0 saturated heterocycles. The van der Waals surface area contributed by atoms with E-state index >= 15 is 0 Å². The summed E-state index contributed by atoms with van der Waals surface area (Å²) in [6, 6.07) is 21.1. The van der Waals surface area contributed by atoms with Gasteiger partial charge in [0.15, 0.2) is 11.6 Å². The number of aromatic hydroxyl groups is 1. The summed E-state index contributed by atoms with van der Waals surface area (Å²) in [5, 5.41) is 10.4. The van der Waals surface area contributed by atoms with Crippen LogP contribution in [0.5, 0.6) is 28.7 Å². The number of phenols is 1. The molecule has 4 unspecified atom stereocenters. The largest absolute Gasteiger partial charge is 0.506 e. The van der Waals surface area contributed by atoms with Crippen molar-refractivity contribution >= 4 is 22.9 Å². The van der Waals surface area contributed by atoms with Crippen molar-refractivity contribution in [1.29, 1.82) is 0 Å². The summed E-state index contributed by atoms with van der Waals surface area (Å²) in [4.78, 5) is 28.7. The lowest BCUT2D eigenvalue weighted by atomic mass is 9.72. The molecule has 2 fully saturated rings. The number of benzene rings is 4. The molecule has 0 bridgehead atoms. The molecule has 4 atom stereocenters. The molecule has 0 aromatic heterocycles. The third-order valence-electron chi connectivity index (χ3n) is 10.9. The fourth-order valence-electron chi connectivity index (χ4n) is 8.04. The van der Waals surface area contributed by atoms with Crippen molar-refractivity contribution in [2.24, 2.45) is 11.8 Å². The second kappa shape index (κ2) is 18.2. The highest BCUT2D eigenvalue weighted by Gasteiger charge is 2.35. The minimum Gasteiger partial charge on any atom is -0.506 e. The summed E-state index contributed by atoms with van der Waals surface area (Å²) < 4.78 is 34.9. The van der Waals surface area contributed by atoms with Crippen LogP contribution in [0.2, 0.25) is 0 Å². The van der Waals surface area contributed by atoms with E-state index in [-0.39, 0.29) is 46.7 Å². The Morgan fingerprint density at radius 1 is 0.648 bits per heavy atom. The van der Waals surface area contributed by atoms with E-state index in [4.69, 9.17) is 24.7 Å². The Morgan fingerprint density at radius 3 is 1.54 bits per heavy atom. The van der Waals surface area contributed by atoms with E-state index in [9.17, 15) is 19.1 Å². The molecule has 2 aliphatic carbocycles. The van der Waals surface area contributed by atoms with E-state index < -0.39 is 5.82 Å². The summed E-state index contributed by atoms with van der Waals surface area (Å²) in [7, 11) is 10.1. The molecule has 288 valence electrons. The maximum atomic E-state index is 13.5. The zero-order valence-corrected chi connectivity index (χ0v) is 32.2. The van der Waals surface area contributed by atoms with Crippen LogP contribution in [0.4, 0.5) is 15.8 Å². The van der Waals surface area contributed by atoms with Gasteiger partial charge in [0.1, 0.15) is 34.6 Å². The van der Waals surface area contributed by atoms with Crippen LogP contribution in [0, 0.1) is 17.7 Å². The van der Waals surface area contributed by atoms with Crippen LogP contribution in [0.25, 0.3) is 0 Å². The number of hydrogen-bond donors (Lipinski definition) is 2. The van der Waals surface area contributed by atoms with Crippen LogP contribution in [0.15, 0.2) is 72.8 Å². The molecule has 0 amide bonds. The number of Topliss-reactive ketones (excluding diaryl/α,β-unsaturated/α-hetero) is 2. The number of halogens is 1. The highest BCUT2D eigenvalue weighted by molar-refractivity contribution is 6.02. The zero-order valence-electron chi connectivity index (χ0n) is 32.2. The number of nitrogens with two attached hydrogens (primary N) is 1. The highest BCUT2D eigenvalue weighted by atomic mass is 19.1. The topological polar surface area (TPSA) is 121 Å². The van der Waals surface area contributed by atoms with Gasteiger partial charge in [-0.25, -0.2) is 4.39 Å². The smallest absolute Gasteiger partial charge is 0.170 e. The number of rotatable bonds is 11. The van der Waals surface area contributed by atoms with Gasteiger partial charge >= 0.3 is 0 Å². The van der Waals surface area contributed by atoms with Gasteiger partial charge in [0.25, 0.3) is 0 Å². The van der Waals surface area contributed by atoms with Crippen LogP contribution >= 0.6 is 0 Å². The molecule has 2 aliphatic rings. The third-order valence-corrected chi connectivity index (χ3v) is 10.9. The number of nitrogen functional groups attached to an aromatic ring is 1. The Bertz CT molecular complexity index is 1930. The molecular formula is C44H53FN2O7. The quantitative estimate of drug-likeness (QED) is 0.115. The van der Waals surface area contributed by atoms with Crippen LogP contribution in [0.3, 0.4) is 0 Å². The standard InChI is InChI=1S/C23H29NO4.C21H24FNO3/c1-24(2)20-11-9-15(13-21(20)25)17-7-5-6-8-18(17)23(26)19-14-16(27-3)10-12-22(19)28-4;1-25-14-8-10-20(26-2)17(12-14)21(24)16-6-4-3-5-15(16)13-7-9-18(22)19(23)11-13/h9-14,17-18,25H,5-8H2,1-4H3;7-12,15-16H,3-6,23H2,1-2H3. The Kier molecular flexibility index (Phi) is 13.5. The lowest BCUT2D eigenvalue weighted by Gasteiger charge is -2.31. The fraction of sp³-hybridized carbons (Fsp3) is 0.409. The van der Waals surface area contributed by atoms with Crippen molar-refractivity contribution in [3.63, 3.8) is 0 Å². The van der Waals surface area contributed by atoms with E-state index in [1.54, 1.807) is 77.0 Å². The predicted molar refractivity (Wildman–Crippen MR) is 210 cm³/mol. The number of methoxy groups -OCH3 is 4.